The lowest BCUT2D eigenvalue weighted by atomic mass is 10.1. The average molecular weight is 420 g/mol. The third kappa shape index (κ3) is 5.46. The first-order valence-corrected chi connectivity index (χ1v) is 10.2. The van der Waals surface area contributed by atoms with Gasteiger partial charge in [0, 0.05) is 10.9 Å². The van der Waals surface area contributed by atoms with E-state index in [1.807, 2.05) is 49.6 Å². The number of nitrogens with zero attached hydrogens (tertiary/aromatic N) is 2. The molecule has 0 fully saturated rings. The van der Waals surface area contributed by atoms with E-state index in [0.29, 0.717) is 10.9 Å². The van der Waals surface area contributed by atoms with Crippen LogP contribution in [0.4, 0.5) is 5.13 Å². The van der Waals surface area contributed by atoms with Crippen LogP contribution in [-0.2, 0) is 4.79 Å². The molecule has 0 spiro atoms. The maximum atomic E-state index is 12.5. The van der Waals surface area contributed by atoms with E-state index < -0.39 is 5.91 Å². The lowest BCUT2D eigenvalue weighted by Gasteiger charge is -2.09. The second kappa shape index (κ2) is 9.72. The summed E-state index contributed by atoms with van der Waals surface area (Å²) in [7, 11) is 1.58. The Bertz CT molecular complexity index is 1080. The molecule has 1 aromatic heterocycles. The molecule has 0 atom stereocenters. The standard InChI is InChI=1S/C23H21N3O3S/c1-15(2)29-20-10-6-17(7-11-20)21-14-30-23(25-21)26-22(27)18(13-24)12-16-4-8-19(28-3)9-5-16/h4-12,14-15H,1-3H3,(H,25,26,27)/b18-12+. The van der Waals surface area contributed by atoms with Gasteiger partial charge in [-0.05, 0) is 61.9 Å². The highest BCUT2D eigenvalue weighted by molar-refractivity contribution is 7.14. The Morgan fingerprint density at radius 2 is 1.80 bits per heavy atom. The van der Waals surface area contributed by atoms with Gasteiger partial charge in [-0.3, -0.25) is 10.1 Å². The second-order valence-electron chi connectivity index (χ2n) is 6.63. The molecular weight excluding hydrogens is 398 g/mol. The number of ether oxygens (including phenoxy) is 2. The monoisotopic (exact) mass is 419 g/mol. The van der Waals surface area contributed by atoms with Crippen molar-refractivity contribution >= 4 is 28.5 Å². The Kier molecular flexibility index (Phi) is 6.83. The number of nitrogens with one attached hydrogen (secondary N) is 1. The zero-order chi connectivity index (χ0) is 21.5. The molecule has 0 aliphatic heterocycles. The Labute approximate surface area is 179 Å². The van der Waals surface area contributed by atoms with Gasteiger partial charge in [-0.2, -0.15) is 5.26 Å². The number of methoxy groups -OCH3 is 1. The van der Waals surface area contributed by atoms with Crippen LogP contribution in [0.5, 0.6) is 11.5 Å². The zero-order valence-corrected chi connectivity index (χ0v) is 17.7. The molecule has 30 heavy (non-hydrogen) atoms. The molecule has 7 heteroatoms. The van der Waals surface area contributed by atoms with Crippen LogP contribution in [0.3, 0.4) is 0 Å². The maximum absolute atomic E-state index is 12.5. The van der Waals surface area contributed by atoms with Crippen LogP contribution < -0.4 is 14.8 Å². The van der Waals surface area contributed by atoms with E-state index in [-0.39, 0.29) is 11.7 Å². The fourth-order valence-electron chi connectivity index (χ4n) is 2.62. The molecule has 1 N–H and O–H groups in total. The SMILES string of the molecule is COc1ccc(/C=C(\C#N)C(=O)Nc2nc(-c3ccc(OC(C)C)cc3)cs2)cc1. The van der Waals surface area contributed by atoms with Gasteiger partial charge in [0.1, 0.15) is 23.1 Å². The summed E-state index contributed by atoms with van der Waals surface area (Å²) in [5.41, 5.74) is 2.37. The molecule has 6 nitrogen and oxygen atoms in total. The summed E-state index contributed by atoms with van der Waals surface area (Å²) in [4.78, 5) is 16.9. The number of thiazole rings is 1. The molecule has 3 rings (SSSR count). The quantitative estimate of drug-likeness (QED) is 0.423. The molecule has 3 aromatic rings. The van der Waals surface area contributed by atoms with Crippen molar-refractivity contribution in [2.24, 2.45) is 0 Å². The summed E-state index contributed by atoms with van der Waals surface area (Å²) in [6.07, 6.45) is 1.63. The number of hydrogen-bond donors (Lipinski definition) is 1. The Morgan fingerprint density at radius 1 is 1.13 bits per heavy atom. The summed E-state index contributed by atoms with van der Waals surface area (Å²) >= 11 is 1.30. The van der Waals surface area contributed by atoms with Crippen LogP contribution in [0.1, 0.15) is 19.4 Å². The summed E-state index contributed by atoms with van der Waals surface area (Å²) < 4.78 is 10.8. The number of carbonyl (C=O) groups excluding carboxylic acids is 1. The van der Waals surface area contributed by atoms with E-state index in [4.69, 9.17) is 9.47 Å². The third-order valence-electron chi connectivity index (χ3n) is 4.04. The van der Waals surface area contributed by atoms with Gasteiger partial charge >= 0.3 is 0 Å². The molecule has 2 aromatic carbocycles. The van der Waals surface area contributed by atoms with Gasteiger partial charge in [-0.1, -0.05) is 12.1 Å². The van der Waals surface area contributed by atoms with Gasteiger partial charge in [0.2, 0.25) is 0 Å². The Hall–Kier alpha value is -3.63. The topological polar surface area (TPSA) is 84.2 Å². The minimum absolute atomic E-state index is 0.00731. The van der Waals surface area contributed by atoms with Crippen molar-refractivity contribution < 1.29 is 14.3 Å². The van der Waals surface area contributed by atoms with Crippen molar-refractivity contribution in [2.75, 3.05) is 12.4 Å². The summed E-state index contributed by atoms with van der Waals surface area (Å²) in [5.74, 6) is 0.990. The first kappa shape index (κ1) is 21.1. The number of amides is 1. The number of hydrogen-bond acceptors (Lipinski definition) is 6. The van der Waals surface area contributed by atoms with E-state index in [9.17, 15) is 10.1 Å². The van der Waals surface area contributed by atoms with Crippen molar-refractivity contribution in [1.29, 1.82) is 5.26 Å². The maximum Gasteiger partial charge on any atom is 0.268 e. The van der Waals surface area contributed by atoms with E-state index >= 15 is 0 Å². The van der Waals surface area contributed by atoms with Gasteiger partial charge < -0.3 is 9.47 Å². The second-order valence-corrected chi connectivity index (χ2v) is 7.48. The van der Waals surface area contributed by atoms with Crippen LogP contribution >= 0.6 is 11.3 Å². The molecule has 0 radical (unpaired) electrons. The predicted octanol–water partition coefficient (Wildman–Crippen LogP) is 5.15. The zero-order valence-electron chi connectivity index (χ0n) is 16.9. The van der Waals surface area contributed by atoms with E-state index in [1.165, 1.54) is 17.4 Å². The summed E-state index contributed by atoms with van der Waals surface area (Å²) in [5, 5.41) is 14.3. The highest BCUT2D eigenvalue weighted by atomic mass is 32.1. The lowest BCUT2D eigenvalue weighted by molar-refractivity contribution is -0.112. The summed E-state index contributed by atoms with van der Waals surface area (Å²) in [6, 6.07) is 16.6. The first-order valence-electron chi connectivity index (χ1n) is 9.28. The van der Waals surface area contributed by atoms with Gasteiger partial charge in [0.05, 0.1) is 18.9 Å². The van der Waals surface area contributed by atoms with Crippen LogP contribution in [0.25, 0.3) is 17.3 Å². The molecule has 0 saturated carbocycles. The highest BCUT2D eigenvalue weighted by Crippen LogP contribution is 2.27. The number of nitriles is 1. The molecule has 0 aliphatic rings. The number of rotatable bonds is 7. The summed E-state index contributed by atoms with van der Waals surface area (Å²) in [6.45, 7) is 3.95. The molecule has 0 saturated heterocycles. The highest BCUT2D eigenvalue weighted by Gasteiger charge is 2.13. The van der Waals surface area contributed by atoms with Gasteiger partial charge in [0.15, 0.2) is 5.13 Å². The molecule has 0 unspecified atom stereocenters. The molecule has 1 amide bonds. The largest absolute Gasteiger partial charge is 0.497 e. The average Bonchev–Trinajstić information content (AvgIpc) is 3.21. The number of anilines is 1. The minimum atomic E-state index is -0.505. The van der Waals surface area contributed by atoms with Gasteiger partial charge in [-0.25, -0.2) is 4.98 Å². The van der Waals surface area contributed by atoms with E-state index in [1.54, 1.807) is 31.4 Å². The van der Waals surface area contributed by atoms with Gasteiger partial charge in [0.25, 0.3) is 5.91 Å². The normalized spacial score (nSPS) is 11.1. The molecular formula is C23H21N3O3S. The first-order chi connectivity index (χ1) is 14.5. The number of benzene rings is 2. The van der Waals surface area contributed by atoms with E-state index in [0.717, 1.165) is 22.6 Å². The smallest absolute Gasteiger partial charge is 0.268 e. The lowest BCUT2D eigenvalue weighted by Crippen LogP contribution is -2.13. The third-order valence-corrected chi connectivity index (χ3v) is 4.80. The van der Waals surface area contributed by atoms with Crippen LogP contribution in [-0.4, -0.2) is 24.1 Å². The number of carbonyl (C=O) groups is 1. The van der Waals surface area contributed by atoms with Crippen LogP contribution in [0.15, 0.2) is 59.5 Å². The Balaban J connectivity index is 1.70. The molecule has 0 bridgehead atoms. The Morgan fingerprint density at radius 3 is 2.40 bits per heavy atom. The van der Waals surface area contributed by atoms with Crippen molar-refractivity contribution in [3.63, 3.8) is 0 Å². The number of aromatic nitrogens is 1. The minimum Gasteiger partial charge on any atom is -0.497 e. The van der Waals surface area contributed by atoms with Crippen LogP contribution in [0.2, 0.25) is 0 Å². The van der Waals surface area contributed by atoms with Crippen LogP contribution in [0, 0.1) is 11.3 Å². The molecule has 1 heterocycles. The predicted molar refractivity (Wildman–Crippen MR) is 119 cm³/mol. The van der Waals surface area contributed by atoms with E-state index in [2.05, 4.69) is 10.3 Å². The van der Waals surface area contributed by atoms with Crippen molar-refractivity contribution in [2.45, 2.75) is 20.0 Å². The van der Waals surface area contributed by atoms with Crippen molar-refractivity contribution in [3.8, 4) is 28.8 Å². The van der Waals surface area contributed by atoms with Crippen molar-refractivity contribution in [1.82, 2.24) is 4.98 Å². The van der Waals surface area contributed by atoms with Gasteiger partial charge in [-0.15, -0.1) is 11.3 Å². The van der Waals surface area contributed by atoms with Crippen molar-refractivity contribution in [3.05, 3.63) is 65.0 Å². The molecule has 0 aliphatic carbocycles. The fourth-order valence-corrected chi connectivity index (χ4v) is 3.33. The molecule has 152 valence electrons. The fraction of sp³-hybridized carbons (Fsp3) is 0.174.